The van der Waals surface area contributed by atoms with Crippen LogP contribution in [0.4, 0.5) is 4.79 Å². The number of amides is 1. The number of ketones is 1. The average Bonchev–Trinajstić information content (AvgIpc) is 3.30. The lowest BCUT2D eigenvalue weighted by atomic mass is 9.85. The number of carbonyl (C=O) groups excluding carboxylic acids is 2. The maximum atomic E-state index is 13.2. The summed E-state index contributed by atoms with van der Waals surface area (Å²) in [6, 6.07) is 17.5. The predicted octanol–water partition coefficient (Wildman–Crippen LogP) is 5.20. The minimum absolute atomic E-state index is 0.0733. The Morgan fingerprint density at radius 2 is 1.66 bits per heavy atom. The van der Waals surface area contributed by atoms with Gasteiger partial charge in [0.25, 0.3) is 0 Å². The molecule has 2 saturated heterocycles. The van der Waals surface area contributed by atoms with Gasteiger partial charge in [-0.05, 0) is 37.3 Å². The molecule has 0 N–H and O–H groups in total. The Balaban J connectivity index is 1.27. The van der Waals surface area contributed by atoms with Gasteiger partial charge in [-0.3, -0.25) is 4.79 Å². The van der Waals surface area contributed by atoms with Gasteiger partial charge in [0.05, 0.1) is 5.56 Å². The lowest BCUT2D eigenvalue weighted by molar-refractivity contribution is 0.0485. The highest BCUT2D eigenvalue weighted by molar-refractivity contribution is 6.08. The number of carbonyl (C=O) groups is 2. The van der Waals surface area contributed by atoms with Gasteiger partial charge in [0.15, 0.2) is 5.78 Å². The van der Waals surface area contributed by atoms with Gasteiger partial charge in [-0.2, -0.15) is 0 Å². The van der Waals surface area contributed by atoms with E-state index in [-0.39, 0.29) is 36.5 Å². The maximum Gasteiger partial charge on any atom is 0.410 e. The quantitative estimate of drug-likeness (QED) is 0.576. The van der Waals surface area contributed by atoms with E-state index < -0.39 is 0 Å². The van der Waals surface area contributed by atoms with Crippen molar-refractivity contribution in [1.82, 2.24) is 4.90 Å². The lowest BCUT2D eigenvalue weighted by Gasteiger charge is -2.37. The molecule has 0 aliphatic carbocycles. The van der Waals surface area contributed by atoms with E-state index >= 15 is 0 Å². The number of Topliss-reactive ketones (excluding diaryl/α,β-unsaturated/α-hetero) is 1. The molecule has 2 atom stereocenters. The number of hydrogen-bond acceptors (Lipinski definition) is 4. The van der Waals surface area contributed by atoms with E-state index in [1.165, 1.54) is 0 Å². The molecule has 148 valence electrons. The van der Waals surface area contributed by atoms with Crippen LogP contribution in [0.5, 0.6) is 0 Å². The molecule has 2 aromatic carbocycles. The molecule has 0 saturated carbocycles. The minimum atomic E-state index is -0.263. The van der Waals surface area contributed by atoms with E-state index in [1.807, 2.05) is 59.5 Å². The second kappa shape index (κ2) is 7.39. The Kier molecular flexibility index (Phi) is 4.58. The number of rotatable bonds is 4. The van der Waals surface area contributed by atoms with Crippen molar-refractivity contribution in [2.45, 2.75) is 44.4 Å². The van der Waals surface area contributed by atoms with Crippen molar-refractivity contribution < 1.29 is 18.7 Å². The average molecular weight is 389 g/mol. The number of fused-ring (bicyclic) bond motifs is 3. The molecule has 3 aromatic rings. The van der Waals surface area contributed by atoms with Gasteiger partial charge in [0, 0.05) is 23.4 Å². The summed E-state index contributed by atoms with van der Waals surface area (Å²) in [5.41, 5.74) is 2.37. The van der Waals surface area contributed by atoms with Crippen LogP contribution in [0.3, 0.4) is 0 Å². The first-order valence-corrected chi connectivity index (χ1v) is 10.2. The maximum absolute atomic E-state index is 13.2. The summed E-state index contributed by atoms with van der Waals surface area (Å²) in [7, 11) is 0. The van der Waals surface area contributed by atoms with E-state index in [1.54, 1.807) is 6.26 Å². The molecular weight excluding hydrogens is 366 g/mol. The number of piperidine rings is 1. The number of ether oxygens (including phenoxy) is 1. The second-order valence-electron chi connectivity index (χ2n) is 8.01. The van der Waals surface area contributed by atoms with Crippen LogP contribution in [0.1, 0.15) is 41.6 Å². The van der Waals surface area contributed by atoms with Crippen LogP contribution in [0, 0.1) is 5.92 Å². The van der Waals surface area contributed by atoms with Crippen molar-refractivity contribution >= 4 is 22.8 Å². The van der Waals surface area contributed by atoms with Crippen molar-refractivity contribution in [3.8, 4) is 0 Å². The summed E-state index contributed by atoms with van der Waals surface area (Å²) < 4.78 is 11.1. The normalized spacial score (nSPS) is 23.3. The fourth-order valence-corrected chi connectivity index (χ4v) is 4.87. The van der Waals surface area contributed by atoms with Gasteiger partial charge in [-0.15, -0.1) is 0 Å². The summed E-state index contributed by atoms with van der Waals surface area (Å²) in [6.45, 7) is 0.277. The van der Waals surface area contributed by atoms with Crippen molar-refractivity contribution in [1.29, 1.82) is 0 Å². The molecule has 5 nitrogen and oxygen atoms in total. The third-order valence-corrected chi connectivity index (χ3v) is 6.27. The summed E-state index contributed by atoms with van der Waals surface area (Å²) in [5.74, 6) is 0.0517. The Labute approximate surface area is 169 Å². The van der Waals surface area contributed by atoms with E-state index in [4.69, 9.17) is 9.15 Å². The molecule has 2 aliphatic rings. The largest absolute Gasteiger partial charge is 0.464 e. The van der Waals surface area contributed by atoms with Crippen LogP contribution >= 0.6 is 0 Å². The molecule has 5 rings (SSSR count). The number of furan rings is 1. The van der Waals surface area contributed by atoms with Crippen molar-refractivity contribution in [3.05, 3.63) is 72.0 Å². The molecule has 0 spiro atoms. The smallest absolute Gasteiger partial charge is 0.410 e. The van der Waals surface area contributed by atoms with E-state index in [2.05, 4.69) is 0 Å². The topological polar surface area (TPSA) is 59.8 Å². The number of para-hydroxylation sites is 1. The van der Waals surface area contributed by atoms with E-state index in [9.17, 15) is 9.59 Å². The van der Waals surface area contributed by atoms with Crippen LogP contribution in [0.15, 0.2) is 65.3 Å². The molecule has 0 radical (unpaired) electrons. The molecule has 2 unspecified atom stereocenters. The first kappa shape index (κ1) is 18.0. The molecule has 29 heavy (non-hydrogen) atoms. The lowest BCUT2D eigenvalue weighted by Crippen LogP contribution is -2.48. The van der Waals surface area contributed by atoms with E-state index in [0.29, 0.717) is 18.4 Å². The summed E-state index contributed by atoms with van der Waals surface area (Å²) >= 11 is 0. The summed E-state index contributed by atoms with van der Waals surface area (Å²) in [4.78, 5) is 27.8. The molecule has 3 heterocycles. The van der Waals surface area contributed by atoms with Gasteiger partial charge >= 0.3 is 6.09 Å². The number of benzene rings is 2. The SMILES string of the molecule is O=C(c1coc2ccccc12)C1CC2CCC(C1)N2C(=O)OCc1ccccc1. The van der Waals surface area contributed by atoms with Crippen LogP contribution in [-0.2, 0) is 11.3 Å². The minimum Gasteiger partial charge on any atom is -0.464 e. The molecule has 1 aromatic heterocycles. The zero-order chi connectivity index (χ0) is 19.8. The molecule has 5 heteroatoms. The van der Waals surface area contributed by atoms with Gasteiger partial charge in [0.1, 0.15) is 18.5 Å². The Hall–Kier alpha value is -3.08. The monoisotopic (exact) mass is 389 g/mol. The number of hydrogen-bond donors (Lipinski definition) is 0. The van der Waals surface area contributed by atoms with Crippen LogP contribution in [-0.4, -0.2) is 28.9 Å². The zero-order valence-electron chi connectivity index (χ0n) is 16.1. The van der Waals surface area contributed by atoms with Gasteiger partial charge in [-0.1, -0.05) is 48.5 Å². The molecule has 2 aliphatic heterocycles. The summed E-state index contributed by atoms with van der Waals surface area (Å²) in [6.07, 6.45) is 4.56. The van der Waals surface area contributed by atoms with Crippen LogP contribution in [0.25, 0.3) is 11.0 Å². The molecule has 2 fully saturated rings. The fourth-order valence-electron chi connectivity index (χ4n) is 4.87. The summed E-state index contributed by atoms with van der Waals surface area (Å²) in [5, 5.41) is 0.870. The zero-order valence-corrected chi connectivity index (χ0v) is 16.1. The van der Waals surface area contributed by atoms with Crippen molar-refractivity contribution in [2.24, 2.45) is 5.92 Å². The van der Waals surface area contributed by atoms with Crippen LogP contribution in [0.2, 0.25) is 0 Å². The highest BCUT2D eigenvalue weighted by Gasteiger charge is 2.46. The van der Waals surface area contributed by atoms with Gasteiger partial charge in [0.2, 0.25) is 0 Å². The third-order valence-electron chi connectivity index (χ3n) is 6.27. The van der Waals surface area contributed by atoms with Crippen molar-refractivity contribution in [2.75, 3.05) is 0 Å². The third kappa shape index (κ3) is 3.31. The van der Waals surface area contributed by atoms with Gasteiger partial charge in [-0.25, -0.2) is 4.79 Å². The Morgan fingerprint density at radius 3 is 2.41 bits per heavy atom. The molecular formula is C24H23NO4. The van der Waals surface area contributed by atoms with Crippen LogP contribution < -0.4 is 0 Å². The number of nitrogens with zero attached hydrogens (tertiary/aromatic N) is 1. The highest BCUT2D eigenvalue weighted by Crippen LogP contribution is 2.41. The first-order valence-electron chi connectivity index (χ1n) is 10.2. The Bertz CT molecular complexity index is 1030. The predicted molar refractivity (Wildman–Crippen MR) is 109 cm³/mol. The second-order valence-corrected chi connectivity index (χ2v) is 8.01. The molecule has 1 amide bonds. The van der Waals surface area contributed by atoms with E-state index in [0.717, 1.165) is 29.4 Å². The molecule has 2 bridgehead atoms. The van der Waals surface area contributed by atoms with Gasteiger partial charge < -0.3 is 14.1 Å². The Morgan fingerprint density at radius 1 is 0.966 bits per heavy atom. The highest BCUT2D eigenvalue weighted by atomic mass is 16.6. The fraction of sp³-hybridized carbons (Fsp3) is 0.333. The standard InChI is InChI=1S/C24H23NO4/c26-23(21-15-28-22-9-5-4-8-20(21)22)17-12-18-10-11-19(13-17)25(18)24(27)29-14-16-6-2-1-3-7-16/h1-9,15,17-19H,10-14H2. The van der Waals surface area contributed by atoms with Crippen molar-refractivity contribution in [3.63, 3.8) is 0 Å². The first-order chi connectivity index (χ1) is 14.2.